The molecule has 0 N–H and O–H groups in total. The molecule has 4 unspecified atom stereocenters. The van der Waals surface area contributed by atoms with Crippen molar-refractivity contribution < 1.29 is 0 Å². The molecule has 4 atom stereocenters. The van der Waals surface area contributed by atoms with Gasteiger partial charge in [-0.3, -0.25) is 0 Å². The zero-order chi connectivity index (χ0) is 14.7. The van der Waals surface area contributed by atoms with Gasteiger partial charge in [0.2, 0.25) is 0 Å². The van der Waals surface area contributed by atoms with Gasteiger partial charge in [-0.15, -0.1) is 0 Å². The maximum Gasteiger partial charge on any atom is 0.0272 e. The van der Waals surface area contributed by atoms with Gasteiger partial charge in [-0.05, 0) is 99.7 Å². The van der Waals surface area contributed by atoms with E-state index in [1.807, 2.05) is 11.1 Å². The van der Waals surface area contributed by atoms with Gasteiger partial charge in [0.05, 0.1) is 0 Å². The summed E-state index contributed by atoms with van der Waals surface area (Å²) in [5.41, 5.74) is 4.08. The molecule has 0 spiro atoms. The van der Waals surface area contributed by atoms with Crippen molar-refractivity contribution in [2.45, 2.75) is 72.9 Å². The molecule has 0 aromatic carbocycles. The average molecular weight is 426 g/mol. The molecule has 0 amide bonds. The molecule has 0 aromatic rings. The molecule has 0 nitrogen and oxygen atoms in total. The largest absolute Gasteiger partial charge is 0.0853 e. The number of rotatable bonds is 0. The van der Waals surface area contributed by atoms with Crippen molar-refractivity contribution in [1.82, 2.24) is 0 Å². The molecule has 8 fully saturated rings. The second-order valence-electron chi connectivity index (χ2n) is 9.90. The Hall–Kier alpha value is 0.700. The summed E-state index contributed by atoms with van der Waals surface area (Å²) in [6, 6.07) is 0. The zero-order valence-electron chi connectivity index (χ0n) is 13.3. The Kier molecular flexibility index (Phi) is 2.70. The van der Waals surface area contributed by atoms with Gasteiger partial charge in [0.1, 0.15) is 0 Å². The number of alkyl halides is 2. The fourth-order valence-corrected chi connectivity index (χ4v) is 10.8. The molecule has 0 saturated heterocycles. The molecule has 22 heavy (non-hydrogen) atoms. The van der Waals surface area contributed by atoms with E-state index in [4.69, 9.17) is 0 Å². The maximum absolute atomic E-state index is 4.17. The van der Waals surface area contributed by atoms with E-state index >= 15 is 0 Å². The molecule has 0 aliphatic heterocycles. The Bertz CT molecular complexity index is 490. The molecule has 8 aliphatic rings. The van der Waals surface area contributed by atoms with Gasteiger partial charge in [0.25, 0.3) is 0 Å². The number of halogens is 2. The van der Waals surface area contributed by atoms with Crippen LogP contribution in [0.3, 0.4) is 0 Å². The van der Waals surface area contributed by atoms with Crippen LogP contribution in [-0.4, -0.2) is 8.65 Å². The Morgan fingerprint density at radius 2 is 0.864 bits per heavy atom. The van der Waals surface area contributed by atoms with Crippen molar-refractivity contribution in [1.29, 1.82) is 0 Å². The van der Waals surface area contributed by atoms with Crippen LogP contribution in [0.15, 0.2) is 11.1 Å². The summed E-state index contributed by atoms with van der Waals surface area (Å²) >= 11 is 8.33. The van der Waals surface area contributed by atoms with Gasteiger partial charge < -0.3 is 0 Å². The molecule has 8 rings (SSSR count). The minimum atomic E-state index is 0.538. The van der Waals surface area contributed by atoms with E-state index in [1.54, 1.807) is 0 Å². The number of hydrogen-bond donors (Lipinski definition) is 0. The fourth-order valence-electron chi connectivity index (χ4n) is 8.33. The Balaban J connectivity index is 1.45. The van der Waals surface area contributed by atoms with Gasteiger partial charge in [-0.25, -0.2) is 0 Å². The van der Waals surface area contributed by atoms with Crippen molar-refractivity contribution in [3.05, 3.63) is 11.1 Å². The summed E-state index contributed by atoms with van der Waals surface area (Å²) in [5, 5.41) is 0. The second-order valence-corrected chi connectivity index (χ2v) is 13.3. The van der Waals surface area contributed by atoms with E-state index in [0.29, 0.717) is 8.65 Å². The van der Waals surface area contributed by atoms with E-state index in [9.17, 15) is 0 Å². The first kappa shape index (κ1) is 13.9. The molecule has 2 heteroatoms. The molecule has 8 bridgehead atoms. The van der Waals surface area contributed by atoms with E-state index in [2.05, 4.69) is 31.9 Å². The minimum Gasteiger partial charge on any atom is -0.0853 e. The van der Waals surface area contributed by atoms with Crippen LogP contribution in [0.4, 0.5) is 0 Å². The summed E-state index contributed by atoms with van der Waals surface area (Å²) in [6.45, 7) is 0. The fraction of sp³-hybridized carbons (Fsp3) is 0.900. The van der Waals surface area contributed by atoms with Crippen LogP contribution in [-0.2, 0) is 0 Å². The molecule has 120 valence electrons. The predicted octanol–water partition coefficient (Wildman–Crippen LogP) is 6.23. The van der Waals surface area contributed by atoms with Gasteiger partial charge >= 0.3 is 0 Å². The highest BCUT2D eigenvalue weighted by molar-refractivity contribution is 9.10. The summed E-state index contributed by atoms with van der Waals surface area (Å²) in [6.07, 6.45) is 14.9. The molecular formula is C20H26Br2. The molecule has 0 aromatic heterocycles. The van der Waals surface area contributed by atoms with E-state index in [-0.39, 0.29) is 0 Å². The quantitative estimate of drug-likeness (QED) is 0.318. The molecule has 8 aliphatic carbocycles. The van der Waals surface area contributed by atoms with Crippen LogP contribution in [0.1, 0.15) is 64.2 Å². The Labute approximate surface area is 151 Å². The van der Waals surface area contributed by atoms with Crippen LogP contribution in [0.5, 0.6) is 0 Å². The molecule has 0 radical (unpaired) electrons. The topological polar surface area (TPSA) is 0 Å². The van der Waals surface area contributed by atoms with Crippen LogP contribution in [0.2, 0.25) is 0 Å². The van der Waals surface area contributed by atoms with Crippen LogP contribution >= 0.6 is 31.9 Å². The first-order chi connectivity index (χ1) is 10.5. The van der Waals surface area contributed by atoms with E-state index in [1.165, 1.54) is 64.2 Å². The van der Waals surface area contributed by atoms with Crippen molar-refractivity contribution in [2.75, 3.05) is 0 Å². The molecule has 8 saturated carbocycles. The molecule has 0 heterocycles. The van der Waals surface area contributed by atoms with Crippen molar-refractivity contribution in [2.24, 2.45) is 35.5 Å². The SMILES string of the molecule is BrC12CC3CC(C1)C(=C1C4CC5CC1CC(Br)(C5)C4)C(C3)C2. The lowest BCUT2D eigenvalue weighted by Gasteiger charge is -2.61. The standard InChI is InChI=1S/C20H26Br2/c21-19-5-11-1-13(7-19)17(14(2-11)8-19)18-15-3-12-4-16(18)10-20(22,6-12)9-15/h11-16H,1-10H2. The summed E-state index contributed by atoms with van der Waals surface area (Å²) < 4.78 is 1.08. The minimum absolute atomic E-state index is 0.538. The average Bonchev–Trinajstić information content (AvgIpc) is 2.37. The summed E-state index contributed by atoms with van der Waals surface area (Å²) in [4.78, 5) is 0. The third-order valence-corrected chi connectivity index (χ3v) is 10.3. The Morgan fingerprint density at radius 1 is 0.545 bits per heavy atom. The summed E-state index contributed by atoms with van der Waals surface area (Å²) in [7, 11) is 0. The van der Waals surface area contributed by atoms with Crippen LogP contribution in [0, 0.1) is 35.5 Å². The third-order valence-electron chi connectivity index (χ3n) is 8.32. The highest BCUT2D eigenvalue weighted by Crippen LogP contribution is 2.67. The first-order valence-electron chi connectivity index (χ1n) is 9.62. The lowest BCUT2D eigenvalue weighted by Crippen LogP contribution is -2.52. The predicted molar refractivity (Wildman–Crippen MR) is 97.5 cm³/mol. The maximum atomic E-state index is 4.17. The first-order valence-corrected chi connectivity index (χ1v) is 11.2. The molecular weight excluding hydrogens is 400 g/mol. The zero-order valence-corrected chi connectivity index (χ0v) is 16.5. The van der Waals surface area contributed by atoms with Gasteiger partial charge in [0, 0.05) is 8.65 Å². The number of allylic oxidation sites excluding steroid dienone is 2. The highest BCUT2D eigenvalue weighted by Gasteiger charge is 2.57. The van der Waals surface area contributed by atoms with E-state index in [0.717, 1.165) is 35.5 Å². The number of hydrogen-bond acceptors (Lipinski definition) is 0. The van der Waals surface area contributed by atoms with E-state index < -0.39 is 0 Å². The Morgan fingerprint density at radius 3 is 1.14 bits per heavy atom. The third kappa shape index (κ3) is 1.81. The highest BCUT2D eigenvalue weighted by atomic mass is 79.9. The second kappa shape index (κ2) is 4.26. The van der Waals surface area contributed by atoms with Crippen molar-refractivity contribution in [3.63, 3.8) is 0 Å². The van der Waals surface area contributed by atoms with Gasteiger partial charge in [-0.2, -0.15) is 0 Å². The smallest absolute Gasteiger partial charge is 0.0272 e. The summed E-state index contributed by atoms with van der Waals surface area (Å²) in [5.74, 6) is 5.93. The normalized spacial score (nSPS) is 61.4. The van der Waals surface area contributed by atoms with Gasteiger partial charge in [-0.1, -0.05) is 43.0 Å². The lowest BCUT2D eigenvalue weighted by atomic mass is 9.48. The van der Waals surface area contributed by atoms with Crippen LogP contribution in [0.25, 0.3) is 0 Å². The lowest BCUT2D eigenvalue weighted by molar-refractivity contribution is 0.0645. The van der Waals surface area contributed by atoms with Gasteiger partial charge in [0.15, 0.2) is 0 Å². The van der Waals surface area contributed by atoms with Crippen LogP contribution < -0.4 is 0 Å². The van der Waals surface area contributed by atoms with Crippen molar-refractivity contribution in [3.8, 4) is 0 Å². The van der Waals surface area contributed by atoms with Crippen molar-refractivity contribution >= 4 is 31.9 Å². The monoisotopic (exact) mass is 424 g/mol.